The molecule has 1 aromatic rings. The van der Waals surface area contributed by atoms with Gasteiger partial charge in [-0.1, -0.05) is 11.6 Å². The monoisotopic (exact) mass is 321 g/mol. The molecule has 0 fully saturated rings. The first kappa shape index (κ1) is 17.2. The van der Waals surface area contributed by atoms with E-state index >= 15 is 0 Å². The zero-order chi connectivity index (χ0) is 15.2. The first-order chi connectivity index (χ1) is 9.36. The summed E-state index contributed by atoms with van der Waals surface area (Å²) in [5.41, 5.74) is 5.84. The number of anilines is 1. The highest BCUT2D eigenvalue weighted by Gasteiger charge is 2.17. The average molecular weight is 322 g/mol. The van der Waals surface area contributed by atoms with Crippen LogP contribution in [0.3, 0.4) is 0 Å². The Hall–Kier alpha value is -0.860. The Kier molecular flexibility index (Phi) is 6.70. The van der Waals surface area contributed by atoms with Crippen molar-refractivity contribution in [2.45, 2.75) is 4.90 Å². The van der Waals surface area contributed by atoms with Crippen molar-refractivity contribution in [2.75, 3.05) is 46.1 Å². The molecule has 0 amide bonds. The number of likely N-dealkylation sites (N-methyl/N-ethyl adjacent to an activating group) is 1. The predicted molar refractivity (Wildman–Crippen MR) is 80.4 cm³/mol. The van der Waals surface area contributed by atoms with Crippen molar-refractivity contribution in [3.8, 4) is 0 Å². The fourth-order valence-corrected chi connectivity index (χ4v) is 2.96. The number of ether oxygens (including phenoxy) is 1. The van der Waals surface area contributed by atoms with E-state index in [-0.39, 0.29) is 17.1 Å². The summed E-state index contributed by atoms with van der Waals surface area (Å²) in [4.78, 5) is 1.97. The third kappa shape index (κ3) is 5.26. The number of halogens is 1. The zero-order valence-electron chi connectivity index (χ0n) is 11.6. The number of hydrogen-bond donors (Lipinski definition) is 2. The fraction of sp³-hybridized carbons (Fsp3) is 0.500. The largest absolute Gasteiger partial charge is 0.398 e. The highest BCUT2D eigenvalue weighted by Crippen LogP contribution is 2.22. The van der Waals surface area contributed by atoms with Crippen molar-refractivity contribution < 1.29 is 13.2 Å². The molecule has 0 aliphatic carbocycles. The van der Waals surface area contributed by atoms with Crippen LogP contribution in [0.1, 0.15) is 0 Å². The molecule has 6 nitrogen and oxygen atoms in total. The fourth-order valence-electron chi connectivity index (χ4n) is 1.55. The number of benzene rings is 1. The number of nitrogens with two attached hydrogens (primary N) is 1. The summed E-state index contributed by atoms with van der Waals surface area (Å²) in [7, 11) is -0.134. The van der Waals surface area contributed by atoms with E-state index < -0.39 is 10.0 Å². The van der Waals surface area contributed by atoms with Gasteiger partial charge in [-0.15, -0.1) is 0 Å². The van der Waals surface area contributed by atoms with E-state index in [4.69, 9.17) is 22.1 Å². The van der Waals surface area contributed by atoms with Gasteiger partial charge in [0.15, 0.2) is 0 Å². The molecule has 0 aliphatic heterocycles. The smallest absolute Gasteiger partial charge is 0.242 e. The van der Waals surface area contributed by atoms with E-state index in [1.165, 1.54) is 12.1 Å². The van der Waals surface area contributed by atoms with Crippen molar-refractivity contribution in [3.05, 3.63) is 23.2 Å². The SMILES string of the molecule is COCCN(C)CCNS(=O)(=O)c1cc(Cl)ccc1N. The number of sulfonamides is 1. The highest BCUT2D eigenvalue weighted by molar-refractivity contribution is 7.89. The number of nitrogens with zero attached hydrogens (tertiary/aromatic N) is 1. The third-order valence-electron chi connectivity index (χ3n) is 2.73. The van der Waals surface area contributed by atoms with Gasteiger partial charge in [0, 0.05) is 31.8 Å². The molecule has 0 saturated heterocycles. The minimum atomic E-state index is -3.65. The lowest BCUT2D eigenvalue weighted by Gasteiger charge is -2.16. The Bertz CT molecular complexity index is 537. The molecule has 0 radical (unpaired) electrons. The summed E-state index contributed by atoms with van der Waals surface area (Å²) in [5, 5.41) is 0.330. The molecule has 0 aromatic heterocycles. The van der Waals surface area contributed by atoms with Crippen LogP contribution in [-0.4, -0.2) is 53.7 Å². The third-order valence-corrected chi connectivity index (χ3v) is 4.48. The number of methoxy groups -OCH3 is 1. The van der Waals surface area contributed by atoms with Gasteiger partial charge in [0.1, 0.15) is 4.90 Å². The van der Waals surface area contributed by atoms with Gasteiger partial charge in [0.25, 0.3) is 0 Å². The van der Waals surface area contributed by atoms with Gasteiger partial charge in [-0.25, -0.2) is 13.1 Å². The molecule has 0 saturated carbocycles. The van der Waals surface area contributed by atoms with E-state index in [0.717, 1.165) is 6.54 Å². The van der Waals surface area contributed by atoms with E-state index in [9.17, 15) is 8.42 Å². The predicted octanol–water partition coefficient (Wildman–Crippen LogP) is 0.779. The minimum Gasteiger partial charge on any atom is -0.398 e. The molecule has 20 heavy (non-hydrogen) atoms. The molecule has 0 aliphatic rings. The second kappa shape index (κ2) is 7.80. The topological polar surface area (TPSA) is 84.7 Å². The molecule has 0 spiro atoms. The van der Waals surface area contributed by atoms with Crippen molar-refractivity contribution in [3.63, 3.8) is 0 Å². The number of nitrogens with one attached hydrogen (secondary N) is 1. The summed E-state index contributed by atoms with van der Waals surface area (Å²) < 4.78 is 31.7. The molecule has 0 bridgehead atoms. The molecule has 1 aromatic carbocycles. The van der Waals surface area contributed by atoms with Crippen molar-refractivity contribution in [1.82, 2.24) is 9.62 Å². The first-order valence-electron chi connectivity index (χ1n) is 6.09. The van der Waals surface area contributed by atoms with Crippen molar-refractivity contribution in [2.24, 2.45) is 0 Å². The standard InChI is InChI=1S/C12H20ClN3O3S/c1-16(7-8-19-2)6-5-15-20(17,18)12-9-10(13)3-4-11(12)14/h3-4,9,15H,5-8,14H2,1-2H3. The van der Waals surface area contributed by atoms with E-state index in [1.807, 2.05) is 11.9 Å². The summed E-state index contributed by atoms with van der Waals surface area (Å²) in [5.74, 6) is 0. The van der Waals surface area contributed by atoms with Crippen LogP contribution in [0, 0.1) is 0 Å². The van der Waals surface area contributed by atoms with Crippen LogP contribution in [0.15, 0.2) is 23.1 Å². The maximum Gasteiger partial charge on any atom is 0.242 e. The van der Waals surface area contributed by atoms with Crippen LogP contribution >= 0.6 is 11.6 Å². The Labute approximate surface area is 124 Å². The van der Waals surface area contributed by atoms with Crippen LogP contribution in [0.2, 0.25) is 5.02 Å². The lowest BCUT2D eigenvalue weighted by molar-refractivity contribution is 0.162. The molecule has 114 valence electrons. The molecular weight excluding hydrogens is 302 g/mol. The van der Waals surface area contributed by atoms with Gasteiger partial charge < -0.3 is 15.4 Å². The highest BCUT2D eigenvalue weighted by atomic mass is 35.5. The second-order valence-electron chi connectivity index (χ2n) is 4.38. The summed E-state index contributed by atoms with van der Waals surface area (Å²) in [6.45, 7) is 2.19. The summed E-state index contributed by atoms with van der Waals surface area (Å²) in [6.07, 6.45) is 0. The van der Waals surface area contributed by atoms with Gasteiger partial charge >= 0.3 is 0 Å². The Morgan fingerprint density at radius 3 is 2.75 bits per heavy atom. The lowest BCUT2D eigenvalue weighted by atomic mass is 10.3. The minimum absolute atomic E-state index is 0.00421. The van der Waals surface area contributed by atoms with Crippen LogP contribution in [-0.2, 0) is 14.8 Å². The summed E-state index contributed by atoms with van der Waals surface area (Å²) in [6, 6.07) is 4.36. The second-order valence-corrected chi connectivity index (χ2v) is 6.55. The summed E-state index contributed by atoms with van der Waals surface area (Å²) >= 11 is 5.79. The maximum atomic E-state index is 12.1. The van der Waals surface area contributed by atoms with Crippen molar-refractivity contribution >= 4 is 27.3 Å². The van der Waals surface area contributed by atoms with Gasteiger partial charge in [0.2, 0.25) is 10.0 Å². The van der Waals surface area contributed by atoms with Crippen LogP contribution in [0.25, 0.3) is 0 Å². The van der Waals surface area contributed by atoms with Crippen molar-refractivity contribution in [1.29, 1.82) is 0 Å². The molecule has 0 heterocycles. The normalized spacial score (nSPS) is 12.0. The Balaban J connectivity index is 2.60. The number of hydrogen-bond acceptors (Lipinski definition) is 5. The van der Waals surface area contributed by atoms with Gasteiger partial charge in [0.05, 0.1) is 12.3 Å². The number of rotatable bonds is 8. The lowest BCUT2D eigenvalue weighted by Crippen LogP contribution is -2.34. The Morgan fingerprint density at radius 2 is 2.10 bits per heavy atom. The first-order valence-corrected chi connectivity index (χ1v) is 7.95. The quantitative estimate of drug-likeness (QED) is 0.691. The van der Waals surface area contributed by atoms with Gasteiger partial charge in [-0.05, 0) is 25.2 Å². The van der Waals surface area contributed by atoms with Crippen LogP contribution < -0.4 is 10.5 Å². The van der Waals surface area contributed by atoms with E-state index in [2.05, 4.69) is 4.72 Å². The zero-order valence-corrected chi connectivity index (χ0v) is 13.2. The van der Waals surface area contributed by atoms with Crippen LogP contribution in [0.4, 0.5) is 5.69 Å². The number of nitrogen functional groups attached to an aromatic ring is 1. The molecule has 3 N–H and O–H groups in total. The Morgan fingerprint density at radius 1 is 1.40 bits per heavy atom. The van der Waals surface area contributed by atoms with E-state index in [1.54, 1.807) is 13.2 Å². The van der Waals surface area contributed by atoms with Crippen LogP contribution in [0.5, 0.6) is 0 Å². The molecule has 8 heteroatoms. The molecule has 0 atom stereocenters. The van der Waals surface area contributed by atoms with E-state index in [0.29, 0.717) is 18.2 Å². The average Bonchev–Trinajstić information content (AvgIpc) is 2.38. The maximum absolute atomic E-state index is 12.1. The molecular formula is C12H20ClN3O3S. The molecule has 0 unspecified atom stereocenters. The van der Waals surface area contributed by atoms with Gasteiger partial charge in [-0.3, -0.25) is 0 Å². The molecule has 1 rings (SSSR count). The van der Waals surface area contributed by atoms with Gasteiger partial charge in [-0.2, -0.15) is 0 Å².